The third-order valence-electron chi connectivity index (χ3n) is 2.65. The molecule has 2 N–H and O–H groups in total. The first-order valence-corrected chi connectivity index (χ1v) is 7.92. The fourth-order valence-corrected chi connectivity index (χ4v) is 3.77. The Morgan fingerprint density at radius 2 is 2.00 bits per heavy atom. The fraction of sp³-hybridized carbons (Fsp3) is 0.214. The second-order valence-corrected chi connectivity index (χ2v) is 6.60. The molecule has 0 aliphatic carbocycles. The van der Waals surface area contributed by atoms with Crippen LogP contribution in [0.2, 0.25) is 5.02 Å². The quantitative estimate of drug-likeness (QED) is 0.808. The lowest BCUT2D eigenvalue weighted by Crippen LogP contribution is -2.23. The lowest BCUT2D eigenvalue weighted by molar-refractivity contribution is 0.718. The van der Waals surface area contributed by atoms with Gasteiger partial charge in [-0.05, 0) is 30.7 Å². The van der Waals surface area contributed by atoms with Gasteiger partial charge in [-0.3, -0.25) is 0 Å². The highest BCUT2D eigenvalue weighted by atomic mass is 79.9. The van der Waals surface area contributed by atoms with Gasteiger partial charge in [-0.1, -0.05) is 57.5 Å². The average molecular weight is 358 g/mol. The molecule has 2 nitrogen and oxygen atoms in total. The zero-order valence-electron chi connectivity index (χ0n) is 10.4. The number of pyridine rings is 1. The van der Waals surface area contributed by atoms with Gasteiger partial charge in [-0.25, -0.2) is 4.98 Å². The minimum Gasteiger partial charge on any atom is -0.327 e. The summed E-state index contributed by atoms with van der Waals surface area (Å²) < 4.78 is 1.05. The summed E-state index contributed by atoms with van der Waals surface area (Å²) >= 11 is 11.3. The van der Waals surface area contributed by atoms with Crippen LogP contribution in [-0.2, 0) is 0 Å². The van der Waals surface area contributed by atoms with Crippen LogP contribution < -0.4 is 5.73 Å². The molecule has 0 fully saturated rings. The Morgan fingerprint density at radius 1 is 1.26 bits per heavy atom. The van der Waals surface area contributed by atoms with Crippen LogP contribution in [0.1, 0.15) is 17.7 Å². The van der Waals surface area contributed by atoms with E-state index < -0.39 is 0 Å². The lowest BCUT2D eigenvalue weighted by atomic mass is 10.1. The third-order valence-corrected chi connectivity index (χ3v) is 5.28. The highest BCUT2D eigenvalue weighted by molar-refractivity contribution is 9.10. The molecule has 0 saturated carbocycles. The van der Waals surface area contributed by atoms with Gasteiger partial charge in [-0.15, -0.1) is 0 Å². The maximum atomic E-state index is 6.16. The van der Waals surface area contributed by atoms with Crippen LogP contribution in [0.4, 0.5) is 0 Å². The number of thioether (sulfide) groups is 1. The fourth-order valence-electron chi connectivity index (χ4n) is 1.74. The summed E-state index contributed by atoms with van der Waals surface area (Å²) in [5.74, 6) is 0. The first-order valence-electron chi connectivity index (χ1n) is 5.86. The zero-order valence-corrected chi connectivity index (χ0v) is 13.5. The third kappa shape index (κ3) is 3.72. The number of hydrogen-bond donors (Lipinski definition) is 1. The smallest absolute Gasteiger partial charge is 0.115 e. The van der Waals surface area contributed by atoms with Crippen LogP contribution in [-0.4, -0.2) is 11.0 Å². The second-order valence-electron chi connectivity index (χ2n) is 4.21. The minimum atomic E-state index is -0.0122. The first-order chi connectivity index (χ1) is 9.09. The van der Waals surface area contributed by atoms with Crippen LogP contribution in [0.25, 0.3) is 0 Å². The van der Waals surface area contributed by atoms with E-state index in [1.165, 1.54) is 0 Å². The predicted octanol–water partition coefficient (Wildman–Crippen LogP) is 4.68. The van der Waals surface area contributed by atoms with E-state index in [1.54, 1.807) is 18.0 Å². The molecule has 1 heterocycles. The molecule has 0 saturated heterocycles. The predicted molar refractivity (Wildman–Crippen MR) is 85.6 cm³/mol. The first kappa shape index (κ1) is 14.9. The Hall–Kier alpha value is -0.550. The van der Waals surface area contributed by atoms with Crippen molar-refractivity contribution in [3.8, 4) is 0 Å². The Bertz CT molecular complexity index is 563. The molecule has 0 bridgehead atoms. The molecule has 100 valence electrons. The van der Waals surface area contributed by atoms with Crippen molar-refractivity contribution in [1.82, 2.24) is 4.98 Å². The minimum absolute atomic E-state index is 0.0122. The van der Waals surface area contributed by atoms with Gasteiger partial charge in [0, 0.05) is 16.7 Å². The Balaban J connectivity index is 2.33. The molecule has 0 aliphatic heterocycles. The van der Waals surface area contributed by atoms with E-state index >= 15 is 0 Å². The maximum absolute atomic E-state index is 6.16. The van der Waals surface area contributed by atoms with Gasteiger partial charge in [0.05, 0.1) is 10.3 Å². The molecular weight excluding hydrogens is 344 g/mol. The Labute approximate surface area is 130 Å². The molecule has 2 aromatic rings. The molecule has 2 atom stereocenters. The van der Waals surface area contributed by atoms with Crippen molar-refractivity contribution in [2.24, 2.45) is 5.73 Å². The summed E-state index contributed by atoms with van der Waals surface area (Å²) in [5.41, 5.74) is 7.28. The van der Waals surface area contributed by atoms with Gasteiger partial charge in [0.15, 0.2) is 0 Å². The van der Waals surface area contributed by atoms with Crippen LogP contribution in [0.3, 0.4) is 0 Å². The number of nitrogens with zero attached hydrogens (tertiary/aromatic N) is 1. The number of halogens is 2. The molecule has 1 aromatic heterocycles. The number of benzene rings is 1. The Kier molecular flexibility index (Phi) is 5.28. The van der Waals surface area contributed by atoms with Crippen molar-refractivity contribution in [2.45, 2.75) is 23.2 Å². The monoisotopic (exact) mass is 356 g/mol. The molecule has 2 rings (SSSR count). The van der Waals surface area contributed by atoms with E-state index in [9.17, 15) is 0 Å². The highest BCUT2D eigenvalue weighted by Gasteiger charge is 2.21. The molecule has 2 unspecified atom stereocenters. The van der Waals surface area contributed by atoms with E-state index in [4.69, 9.17) is 17.3 Å². The van der Waals surface area contributed by atoms with E-state index in [-0.39, 0.29) is 11.3 Å². The molecule has 1 aromatic carbocycles. The molecule has 0 spiro atoms. The number of hydrogen-bond acceptors (Lipinski definition) is 3. The van der Waals surface area contributed by atoms with Gasteiger partial charge in [0.25, 0.3) is 0 Å². The SMILES string of the molecule is CC(N)C(Sc1ncccc1Cl)c1ccccc1Br. The van der Waals surface area contributed by atoms with E-state index in [1.807, 2.05) is 37.3 Å². The van der Waals surface area contributed by atoms with E-state index in [0.29, 0.717) is 5.02 Å². The van der Waals surface area contributed by atoms with Crippen molar-refractivity contribution in [3.05, 3.63) is 57.7 Å². The van der Waals surface area contributed by atoms with Gasteiger partial charge < -0.3 is 5.73 Å². The molecule has 0 radical (unpaired) electrons. The highest BCUT2D eigenvalue weighted by Crippen LogP contribution is 2.41. The maximum Gasteiger partial charge on any atom is 0.115 e. The van der Waals surface area contributed by atoms with Gasteiger partial charge in [0.1, 0.15) is 5.03 Å². The summed E-state index contributed by atoms with van der Waals surface area (Å²) in [4.78, 5) is 4.32. The molecular formula is C14H14BrClN2S. The summed E-state index contributed by atoms with van der Waals surface area (Å²) in [6.07, 6.45) is 1.74. The van der Waals surface area contributed by atoms with Gasteiger partial charge >= 0.3 is 0 Å². The molecule has 19 heavy (non-hydrogen) atoms. The average Bonchev–Trinajstić information content (AvgIpc) is 2.38. The van der Waals surface area contributed by atoms with Crippen molar-refractivity contribution in [2.75, 3.05) is 0 Å². The van der Waals surface area contributed by atoms with Crippen LogP contribution in [0.15, 0.2) is 52.1 Å². The van der Waals surface area contributed by atoms with Gasteiger partial charge in [0.2, 0.25) is 0 Å². The molecule has 0 amide bonds. The van der Waals surface area contributed by atoms with Crippen molar-refractivity contribution < 1.29 is 0 Å². The van der Waals surface area contributed by atoms with Crippen LogP contribution >= 0.6 is 39.3 Å². The van der Waals surface area contributed by atoms with Gasteiger partial charge in [-0.2, -0.15) is 0 Å². The van der Waals surface area contributed by atoms with Crippen LogP contribution in [0, 0.1) is 0 Å². The summed E-state index contributed by atoms with van der Waals surface area (Å²) in [6.45, 7) is 1.99. The number of rotatable bonds is 4. The van der Waals surface area contributed by atoms with Crippen LogP contribution in [0.5, 0.6) is 0 Å². The lowest BCUT2D eigenvalue weighted by Gasteiger charge is -2.21. The normalized spacial score (nSPS) is 14.1. The second kappa shape index (κ2) is 6.75. The molecule has 0 aliphatic rings. The molecule has 5 heteroatoms. The topological polar surface area (TPSA) is 38.9 Å². The van der Waals surface area contributed by atoms with E-state index in [2.05, 4.69) is 27.0 Å². The summed E-state index contributed by atoms with van der Waals surface area (Å²) in [5, 5.41) is 1.57. The number of aromatic nitrogens is 1. The summed E-state index contributed by atoms with van der Waals surface area (Å²) in [6, 6.07) is 11.7. The summed E-state index contributed by atoms with van der Waals surface area (Å²) in [7, 11) is 0. The van der Waals surface area contributed by atoms with Crippen molar-refractivity contribution in [1.29, 1.82) is 0 Å². The zero-order chi connectivity index (χ0) is 13.8. The number of nitrogens with two attached hydrogens (primary N) is 1. The van der Waals surface area contributed by atoms with Crippen molar-refractivity contribution in [3.63, 3.8) is 0 Å². The van der Waals surface area contributed by atoms with Crippen molar-refractivity contribution >= 4 is 39.3 Å². The van der Waals surface area contributed by atoms with E-state index in [0.717, 1.165) is 15.1 Å². The standard InChI is InChI=1S/C14H14BrClN2S/c1-9(17)13(10-5-2-3-6-11(10)15)19-14-12(16)7-4-8-18-14/h2-9,13H,17H2,1H3. The Morgan fingerprint density at radius 3 is 2.63 bits per heavy atom. The largest absolute Gasteiger partial charge is 0.327 e.